The molecule has 3 heterocycles. The lowest BCUT2D eigenvalue weighted by molar-refractivity contribution is -0.118. The van der Waals surface area contributed by atoms with Gasteiger partial charge in [-0.05, 0) is 35.7 Å². The van der Waals surface area contributed by atoms with Crippen LogP contribution in [0.5, 0.6) is 0 Å². The van der Waals surface area contributed by atoms with Gasteiger partial charge in [0.05, 0.1) is 16.8 Å². The zero-order chi connectivity index (χ0) is 22.1. The number of pyridine rings is 1. The zero-order valence-electron chi connectivity index (χ0n) is 16.3. The molecule has 0 saturated carbocycles. The number of aromatic nitrogens is 3. The molecule has 0 aliphatic carbocycles. The molecule has 3 aromatic rings. The highest BCUT2D eigenvalue weighted by atomic mass is 35.5. The van der Waals surface area contributed by atoms with Gasteiger partial charge in [-0.2, -0.15) is 5.10 Å². The summed E-state index contributed by atoms with van der Waals surface area (Å²) < 4.78 is 14.8. The van der Waals surface area contributed by atoms with Crippen molar-refractivity contribution in [1.29, 1.82) is 0 Å². The van der Waals surface area contributed by atoms with Crippen molar-refractivity contribution in [3.63, 3.8) is 0 Å². The van der Waals surface area contributed by atoms with Crippen LogP contribution < -0.4 is 10.2 Å². The van der Waals surface area contributed by atoms with Crippen LogP contribution in [0.3, 0.4) is 0 Å². The summed E-state index contributed by atoms with van der Waals surface area (Å²) in [5, 5.41) is 9.88. The Bertz CT molecular complexity index is 1180. The summed E-state index contributed by atoms with van der Waals surface area (Å²) in [6.07, 6.45) is 5.29. The van der Waals surface area contributed by atoms with Crippen LogP contribution in [0.15, 0.2) is 36.8 Å². The minimum Gasteiger partial charge on any atom is -0.348 e. The number of aryl methyl sites for hydroxylation is 1. The molecule has 158 valence electrons. The summed E-state index contributed by atoms with van der Waals surface area (Å²) >= 11 is 11.9. The molecule has 4 rings (SSSR count). The van der Waals surface area contributed by atoms with Gasteiger partial charge >= 0.3 is 0 Å². The average molecular weight is 460 g/mol. The Labute approximate surface area is 187 Å². The van der Waals surface area contributed by atoms with E-state index in [-0.39, 0.29) is 28.2 Å². The molecule has 0 fully saturated rings. The van der Waals surface area contributed by atoms with Gasteiger partial charge in [0.2, 0.25) is 5.91 Å². The van der Waals surface area contributed by atoms with Gasteiger partial charge < -0.3 is 10.2 Å². The van der Waals surface area contributed by atoms with Crippen molar-refractivity contribution in [2.45, 2.75) is 19.4 Å². The van der Waals surface area contributed by atoms with Crippen molar-refractivity contribution >= 4 is 40.7 Å². The second-order valence-corrected chi connectivity index (χ2v) is 7.80. The van der Waals surface area contributed by atoms with Gasteiger partial charge in [0.25, 0.3) is 5.91 Å². The SMILES string of the molecule is CN1C(=O)CCc2cc(-c3cncc(CNC(=O)c4c(Cl)cnnc4Cl)c3)c(F)cc21. The quantitative estimate of drug-likeness (QED) is 0.640. The van der Waals surface area contributed by atoms with E-state index < -0.39 is 11.7 Å². The molecule has 0 radical (unpaired) electrons. The summed E-state index contributed by atoms with van der Waals surface area (Å²) in [5.74, 6) is -1.00. The van der Waals surface area contributed by atoms with Crippen molar-refractivity contribution in [2.24, 2.45) is 0 Å². The molecule has 1 aromatic carbocycles. The Morgan fingerprint density at radius 1 is 1.19 bits per heavy atom. The van der Waals surface area contributed by atoms with Crippen LogP contribution in [-0.4, -0.2) is 34.0 Å². The number of rotatable bonds is 4. The van der Waals surface area contributed by atoms with E-state index in [4.69, 9.17) is 23.2 Å². The first-order valence-corrected chi connectivity index (χ1v) is 10.1. The Kier molecular flexibility index (Phi) is 5.84. The van der Waals surface area contributed by atoms with Crippen LogP contribution in [0.25, 0.3) is 11.1 Å². The van der Waals surface area contributed by atoms with Crippen molar-refractivity contribution in [1.82, 2.24) is 20.5 Å². The molecular weight excluding hydrogens is 444 g/mol. The number of hydrogen-bond donors (Lipinski definition) is 1. The second-order valence-electron chi connectivity index (χ2n) is 7.04. The van der Waals surface area contributed by atoms with Crippen molar-refractivity contribution in [3.8, 4) is 11.1 Å². The van der Waals surface area contributed by atoms with Gasteiger partial charge in [0, 0.05) is 49.2 Å². The molecule has 10 heteroatoms. The largest absolute Gasteiger partial charge is 0.348 e. The minimum atomic E-state index is -0.511. The van der Waals surface area contributed by atoms with Gasteiger partial charge in [0.15, 0.2) is 5.15 Å². The number of amides is 2. The van der Waals surface area contributed by atoms with Crippen molar-refractivity contribution in [3.05, 3.63) is 69.5 Å². The fourth-order valence-corrected chi connectivity index (χ4v) is 3.93. The van der Waals surface area contributed by atoms with E-state index >= 15 is 0 Å². The van der Waals surface area contributed by atoms with Crippen molar-refractivity contribution in [2.75, 3.05) is 11.9 Å². The molecule has 31 heavy (non-hydrogen) atoms. The van der Waals surface area contributed by atoms with Gasteiger partial charge in [-0.15, -0.1) is 5.10 Å². The molecule has 0 spiro atoms. The van der Waals surface area contributed by atoms with Crippen LogP contribution in [-0.2, 0) is 17.8 Å². The average Bonchev–Trinajstić information content (AvgIpc) is 2.75. The summed E-state index contributed by atoms with van der Waals surface area (Å²) in [4.78, 5) is 29.9. The van der Waals surface area contributed by atoms with E-state index in [1.54, 1.807) is 31.6 Å². The summed E-state index contributed by atoms with van der Waals surface area (Å²) in [7, 11) is 1.64. The lowest BCUT2D eigenvalue weighted by Gasteiger charge is -2.26. The number of halogens is 3. The van der Waals surface area contributed by atoms with E-state index in [2.05, 4.69) is 20.5 Å². The fraction of sp³-hybridized carbons (Fsp3) is 0.190. The standard InChI is InChI=1S/C21H16Cl2FN5O2/c1-29-17-6-16(24)14(5-12(17)2-3-18(29)30)13-4-11(7-25-9-13)8-26-21(31)19-15(22)10-27-28-20(19)23/h4-7,9-10H,2-3,8H2,1H3,(H,26,31). The van der Waals surface area contributed by atoms with Gasteiger partial charge in [-0.25, -0.2) is 4.39 Å². The zero-order valence-corrected chi connectivity index (χ0v) is 17.8. The Hall–Kier alpha value is -3.10. The van der Waals surface area contributed by atoms with E-state index in [1.807, 2.05) is 0 Å². The highest BCUT2D eigenvalue weighted by Crippen LogP contribution is 2.33. The van der Waals surface area contributed by atoms with E-state index in [1.165, 1.54) is 17.2 Å². The maximum atomic E-state index is 14.8. The molecule has 1 aliphatic rings. The van der Waals surface area contributed by atoms with Gasteiger partial charge in [-0.1, -0.05) is 23.2 Å². The first kappa shape index (κ1) is 21.1. The van der Waals surface area contributed by atoms with Gasteiger partial charge in [0.1, 0.15) is 5.82 Å². The van der Waals surface area contributed by atoms with Crippen LogP contribution in [0.1, 0.15) is 27.9 Å². The molecule has 0 unspecified atom stereocenters. The lowest BCUT2D eigenvalue weighted by atomic mass is 9.96. The number of fused-ring (bicyclic) bond motifs is 1. The van der Waals surface area contributed by atoms with Crippen LogP contribution in [0.2, 0.25) is 10.2 Å². The third-order valence-electron chi connectivity index (χ3n) is 5.06. The number of nitrogens with one attached hydrogen (secondary N) is 1. The predicted molar refractivity (Wildman–Crippen MR) is 115 cm³/mol. The van der Waals surface area contributed by atoms with Crippen LogP contribution >= 0.6 is 23.2 Å². The molecule has 7 nitrogen and oxygen atoms in total. The molecule has 2 aromatic heterocycles. The smallest absolute Gasteiger partial charge is 0.256 e. The molecule has 0 atom stereocenters. The number of carbonyl (C=O) groups is 2. The Morgan fingerprint density at radius 3 is 2.77 bits per heavy atom. The Balaban J connectivity index is 1.57. The number of carbonyl (C=O) groups excluding carboxylic acids is 2. The molecular formula is C21H16Cl2FN5O2. The third-order valence-corrected chi connectivity index (χ3v) is 5.61. The summed E-state index contributed by atoms with van der Waals surface area (Å²) in [5.41, 5.74) is 3.10. The molecule has 0 bridgehead atoms. The Morgan fingerprint density at radius 2 is 2.00 bits per heavy atom. The van der Waals surface area contributed by atoms with E-state index in [0.717, 1.165) is 5.56 Å². The van der Waals surface area contributed by atoms with E-state index in [0.29, 0.717) is 35.2 Å². The number of anilines is 1. The highest BCUT2D eigenvalue weighted by Gasteiger charge is 2.23. The number of benzene rings is 1. The first-order valence-electron chi connectivity index (χ1n) is 9.33. The molecule has 0 saturated heterocycles. The highest BCUT2D eigenvalue weighted by molar-refractivity contribution is 6.38. The first-order chi connectivity index (χ1) is 14.8. The normalized spacial score (nSPS) is 13.2. The number of nitrogens with zero attached hydrogens (tertiary/aromatic N) is 4. The molecule has 2 amide bonds. The topological polar surface area (TPSA) is 88.1 Å². The lowest BCUT2D eigenvalue weighted by Crippen LogP contribution is -2.31. The van der Waals surface area contributed by atoms with Crippen LogP contribution in [0.4, 0.5) is 10.1 Å². The van der Waals surface area contributed by atoms with Crippen molar-refractivity contribution < 1.29 is 14.0 Å². The molecule has 1 N–H and O–H groups in total. The van der Waals surface area contributed by atoms with Crippen LogP contribution in [0, 0.1) is 5.82 Å². The minimum absolute atomic E-state index is 0.0295. The van der Waals surface area contributed by atoms with E-state index in [9.17, 15) is 14.0 Å². The maximum Gasteiger partial charge on any atom is 0.256 e. The number of hydrogen-bond acceptors (Lipinski definition) is 5. The fourth-order valence-electron chi connectivity index (χ4n) is 3.43. The van der Waals surface area contributed by atoms with Gasteiger partial charge in [-0.3, -0.25) is 14.6 Å². The maximum absolute atomic E-state index is 14.8. The molecule has 1 aliphatic heterocycles. The summed E-state index contributed by atoms with van der Waals surface area (Å²) in [6.45, 7) is 0.123. The monoisotopic (exact) mass is 459 g/mol. The third kappa shape index (κ3) is 4.22. The predicted octanol–water partition coefficient (Wildman–Crippen LogP) is 3.82. The second kappa shape index (κ2) is 8.56. The summed E-state index contributed by atoms with van der Waals surface area (Å²) in [6, 6.07) is 4.86.